The number of esters is 1. The van der Waals surface area contributed by atoms with E-state index in [1.807, 2.05) is 67.6 Å². The molecular formula is C23H23NO3S. The van der Waals surface area contributed by atoms with Gasteiger partial charge in [-0.05, 0) is 24.5 Å². The topological polar surface area (TPSA) is 55.4 Å². The number of nitrogens with one attached hydrogen (secondary N) is 1. The van der Waals surface area contributed by atoms with Gasteiger partial charge in [-0.15, -0.1) is 11.3 Å². The van der Waals surface area contributed by atoms with Gasteiger partial charge in [0, 0.05) is 16.9 Å². The molecule has 0 spiro atoms. The number of benzene rings is 2. The second kappa shape index (κ2) is 9.33. The first-order valence-corrected chi connectivity index (χ1v) is 10.2. The predicted molar refractivity (Wildman–Crippen MR) is 115 cm³/mol. The molecule has 0 aliphatic carbocycles. The summed E-state index contributed by atoms with van der Waals surface area (Å²) in [7, 11) is 0. The lowest BCUT2D eigenvalue weighted by atomic mass is 9.98. The van der Waals surface area contributed by atoms with E-state index in [4.69, 9.17) is 4.74 Å². The highest BCUT2D eigenvalue weighted by atomic mass is 32.1. The third-order valence-corrected chi connectivity index (χ3v) is 5.37. The number of amides is 1. The van der Waals surface area contributed by atoms with E-state index < -0.39 is 5.97 Å². The van der Waals surface area contributed by atoms with Crippen LogP contribution < -0.4 is 5.32 Å². The van der Waals surface area contributed by atoms with Gasteiger partial charge in [-0.1, -0.05) is 67.6 Å². The lowest BCUT2D eigenvalue weighted by Crippen LogP contribution is -2.14. The summed E-state index contributed by atoms with van der Waals surface area (Å²) in [5.74, 6) is -0.528. The van der Waals surface area contributed by atoms with Crippen LogP contribution in [0, 0.1) is 0 Å². The van der Waals surface area contributed by atoms with E-state index in [-0.39, 0.29) is 12.5 Å². The standard InChI is InChI=1S/C23H23NO3S/c1-3-11-18(25)24-22-20(23(26)27-4-2)19(16-12-7-5-8-13-16)21(28-22)17-14-9-6-10-15-17/h5-10,12-15H,3-4,11H2,1-2H3,(H,24,25). The molecular weight excluding hydrogens is 370 g/mol. The Morgan fingerprint density at radius 1 is 0.929 bits per heavy atom. The Morgan fingerprint density at radius 2 is 1.54 bits per heavy atom. The third kappa shape index (κ3) is 4.31. The van der Waals surface area contributed by atoms with Crippen molar-refractivity contribution in [3.63, 3.8) is 0 Å². The van der Waals surface area contributed by atoms with E-state index in [0.29, 0.717) is 17.0 Å². The summed E-state index contributed by atoms with van der Waals surface area (Å²) in [4.78, 5) is 26.1. The minimum absolute atomic E-state index is 0.103. The van der Waals surface area contributed by atoms with Crippen molar-refractivity contribution in [3.8, 4) is 21.6 Å². The van der Waals surface area contributed by atoms with Gasteiger partial charge in [0.1, 0.15) is 10.6 Å². The number of anilines is 1. The Labute approximate surface area is 169 Å². The molecule has 4 nitrogen and oxygen atoms in total. The zero-order chi connectivity index (χ0) is 19.9. The number of ether oxygens (including phenoxy) is 1. The predicted octanol–water partition coefficient (Wildman–Crippen LogP) is 6.00. The lowest BCUT2D eigenvalue weighted by Gasteiger charge is -2.09. The van der Waals surface area contributed by atoms with Gasteiger partial charge in [-0.25, -0.2) is 4.79 Å². The SMILES string of the molecule is CCCC(=O)Nc1sc(-c2ccccc2)c(-c2ccccc2)c1C(=O)OCC. The number of rotatable bonds is 7. The van der Waals surface area contributed by atoms with Gasteiger partial charge in [0.05, 0.1) is 6.61 Å². The summed E-state index contributed by atoms with van der Waals surface area (Å²) >= 11 is 1.41. The number of carbonyl (C=O) groups is 2. The van der Waals surface area contributed by atoms with Crippen LogP contribution in [-0.4, -0.2) is 18.5 Å². The quantitative estimate of drug-likeness (QED) is 0.501. The Morgan fingerprint density at radius 3 is 2.11 bits per heavy atom. The molecule has 0 aliphatic heterocycles. The molecule has 0 saturated carbocycles. The largest absolute Gasteiger partial charge is 0.462 e. The van der Waals surface area contributed by atoms with Crippen molar-refractivity contribution in [2.45, 2.75) is 26.7 Å². The summed E-state index contributed by atoms with van der Waals surface area (Å²) in [6.07, 6.45) is 1.14. The summed E-state index contributed by atoms with van der Waals surface area (Å²) < 4.78 is 5.34. The molecule has 3 aromatic rings. The highest BCUT2D eigenvalue weighted by molar-refractivity contribution is 7.20. The van der Waals surface area contributed by atoms with Gasteiger partial charge in [0.25, 0.3) is 0 Å². The van der Waals surface area contributed by atoms with Crippen LogP contribution in [0.25, 0.3) is 21.6 Å². The first-order chi connectivity index (χ1) is 13.7. The van der Waals surface area contributed by atoms with Crippen LogP contribution in [0.5, 0.6) is 0 Å². The number of carbonyl (C=O) groups excluding carboxylic acids is 2. The van der Waals surface area contributed by atoms with Crippen LogP contribution in [-0.2, 0) is 9.53 Å². The number of thiophene rings is 1. The molecule has 0 bridgehead atoms. The van der Waals surface area contributed by atoms with Crippen molar-refractivity contribution in [1.29, 1.82) is 0 Å². The molecule has 5 heteroatoms. The van der Waals surface area contributed by atoms with Gasteiger partial charge in [-0.3, -0.25) is 4.79 Å². The fraction of sp³-hybridized carbons (Fsp3) is 0.217. The van der Waals surface area contributed by atoms with Gasteiger partial charge in [0.2, 0.25) is 5.91 Å². The van der Waals surface area contributed by atoms with Crippen molar-refractivity contribution < 1.29 is 14.3 Å². The van der Waals surface area contributed by atoms with E-state index in [2.05, 4.69) is 5.32 Å². The molecule has 28 heavy (non-hydrogen) atoms. The van der Waals surface area contributed by atoms with Gasteiger partial charge < -0.3 is 10.1 Å². The Bertz CT molecular complexity index is 949. The van der Waals surface area contributed by atoms with Crippen LogP contribution in [0.4, 0.5) is 5.00 Å². The normalized spacial score (nSPS) is 10.5. The van der Waals surface area contributed by atoms with Crippen LogP contribution in [0.15, 0.2) is 60.7 Å². The Balaban J connectivity index is 2.24. The average Bonchev–Trinajstić information content (AvgIpc) is 3.09. The second-order valence-electron chi connectivity index (χ2n) is 6.26. The molecule has 3 rings (SSSR count). The molecule has 2 aromatic carbocycles. The zero-order valence-electron chi connectivity index (χ0n) is 16.0. The summed E-state index contributed by atoms with van der Waals surface area (Å²) in [5, 5.41) is 3.47. The maximum Gasteiger partial charge on any atom is 0.341 e. The molecule has 1 heterocycles. The molecule has 0 atom stereocenters. The highest BCUT2D eigenvalue weighted by Crippen LogP contribution is 2.46. The van der Waals surface area contributed by atoms with E-state index in [1.54, 1.807) is 6.92 Å². The minimum atomic E-state index is -0.424. The van der Waals surface area contributed by atoms with Crippen molar-refractivity contribution in [1.82, 2.24) is 0 Å². The highest BCUT2D eigenvalue weighted by Gasteiger charge is 2.27. The minimum Gasteiger partial charge on any atom is -0.462 e. The monoisotopic (exact) mass is 393 g/mol. The van der Waals surface area contributed by atoms with Gasteiger partial charge in [0.15, 0.2) is 0 Å². The summed E-state index contributed by atoms with van der Waals surface area (Å²) in [5.41, 5.74) is 3.12. The van der Waals surface area contributed by atoms with E-state index in [0.717, 1.165) is 28.0 Å². The smallest absolute Gasteiger partial charge is 0.341 e. The van der Waals surface area contributed by atoms with Gasteiger partial charge in [-0.2, -0.15) is 0 Å². The molecule has 0 unspecified atom stereocenters. The molecule has 0 saturated heterocycles. The molecule has 144 valence electrons. The zero-order valence-corrected chi connectivity index (χ0v) is 16.8. The Kier molecular flexibility index (Phi) is 6.61. The molecule has 0 aliphatic rings. The van der Waals surface area contributed by atoms with Crippen LogP contribution in [0.2, 0.25) is 0 Å². The fourth-order valence-corrected chi connectivity index (χ4v) is 4.24. The molecule has 1 aromatic heterocycles. The molecule has 1 amide bonds. The number of hydrogen-bond donors (Lipinski definition) is 1. The molecule has 1 N–H and O–H groups in total. The first kappa shape index (κ1) is 19.8. The number of hydrogen-bond acceptors (Lipinski definition) is 4. The van der Waals surface area contributed by atoms with E-state index in [9.17, 15) is 9.59 Å². The van der Waals surface area contributed by atoms with Gasteiger partial charge >= 0.3 is 5.97 Å². The second-order valence-corrected chi connectivity index (χ2v) is 7.28. The van der Waals surface area contributed by atoms with Crippen LogP contribution >= 0.6 is 11.3 Å². The Hall–Kier alpha value is -2.92. The fourth-order valence-electron chi connectivity index (χ4n) is 3.01. The van der Waals surface area contributed by atoms with Crippen molar-refractivity contribution in [2.24, 2.45) is 0 Å². The molecule has 0 fully saturated rings. The van der Waals surface area contributed by atoms with E-state index in [1.165, 1.54) is 11.3 Å². The average molecular weight is 394 g/mol. The van der Waals surface area contributed by atoms with Crippen LogP contribution in [0.1, 0.15) is 37.0 Å². The lowest BCUT2D eigenvalue weighted by molar-refractivity contribution is -0.116. The van der Waals surface area contributed by atoms with Crippen molar-refractivity contribution in [2.75, 3.05) is 11.9 Å². The maximum atomic E-state index is 12.9. The molecule has 0 radical (unpaired) electrons. The first-order valence-electron chi connectivity index (χ1n) is 9.40. The third-order valence-electron chi connectivity index (χ3n) is 4.22. The summed E-state index contributed by atoms with van der Waals surface area (Å²) in [6.45, 7) is 4.00. The summed E-state index contributed by atoms with van der Waals surface area (Å²) in [6, 6.07) is 19.6. The van der Waals surface area contributed by atoms with Crippen molar-refractivity contribution in [3.05, 3.63) is 66.2 Å². The van der Waals surface area contributed by atoms with Crippen molar-refractivity contribution >= 4 is 28.2 Å². The van der Waals surface area contributed by atoms with E-state index >= 15 is 0 Å². The maximum absolute atomic E-state index is 12.9. The van der Waals surface area contributed by atoms with Crippen LogP contribution in [0.3, 0.4) is 0 Å².